The SMILES string of the molecule is Cc1cc(-c2nc3ccc(C(F)(F)F)cn3c2C=O)ccc1Cl. The largest absolute Gasteiger partial charge is 0.417 e. The molecule has 2 aromatic heterocycles. The van der Waals surface area contributed by atoms with Crippen LogP contribution in [-0.4, -0.2) is 15.7 Å². The van der Waals surface area contributed by atoms with E-state index < -0.39 is 11.7 Å². The van der Waals surface area contributed by atoms with E-state index in [0.717, 1.165) is 22.2 Å². The van der Waals surface area contributed by atoms with Gasteiger partial charge in [0, 0.05) is 16.8 Å². The van der Waals surface area contributed by atoms with Gasteiger partial charge in [0.1, 0.15) is 17.0 Å². The van der Waals surface area contributed by atoms with Crippen LogP contribution in [0.1, 0.15) is 21.6 Å². The first-order chi connectivity index (χ1) is 10.8. The number of rotatable bonds is 2. The number of hydrogen-bond donors (Lipinski definition) is 0. The smallest absolute Gasteiger partial charge is 0.296 e. The van der Waals surface area contributed by atoms with Crippen molar-refractivity contribution in [2.45, 2.75) is 13.1 Å². The maximum Gasteiger partial charge on any atom is 0.417 e. The van der Waals surface area contributed by atoms with E-state index in [9.17, 15) is 18.0 Å². The molecule has 118 valence electrons. The Kier molecular flexibility index (Phi) is 3.64. The van der Waals surface area contributed by atoms with Crippen molar-refractivity contribution in [3.8, 4) is 11.3 Å². The molecule has 0 amide bonds. The number of nitrogens with zero attached hydrogens (tertiary/aromatic N) is 2. The molecule has 0 fully saturated rings. The van der Waals surface area contributed by atoms with Gasteiger partial charge in [0.2, 0.25) is 0 Å². The number of aryl methyl sites for hydroxylation is 1. The van der Waals surface area contributed by atoms with Gasteiger partial charge < -0.3 is 0 Å². The fraction of sp³-hybridized carbons (Fsp3) is 0.125. The average molecular weight is 339 g/mol. The Labute approximate surface area is 134 Å². The summed E-state index contributed by atoms with van der Waals surface area (Å²) in [5.41, 5.74) is 1.21. The number of hydrogen-bond acceptors (Lipinski definition) is 2. The molecule has 7 heteroatoms. The van der Waals surface area contributed by atoms with Gasteiger partial charge in [-0.1, -0.05) is 17.7 Å². The normalized spacial score (nSPS) is 11.9. The molecule has 0 aliphatic heterocycles. The van der Waals surface area contributed by atoms with Crippen LogP contribution in [0.2, 0.25) is 5.02 Å². The number of pyridine rings is 1. The minimum absolute atomic E-state index is 0.0628. The predicted molar refractivity (Wildman–Crippen MR) is 80.8 cm³/mol. The number of aromatic nitrogens is 2. The molecule has 1 aromatic carbocycles. The number of carbonyl (C=O) groups excluding carboxylic acids is 1. The Hall–Kier alpha value is -2.34. The summed E-state index contributed by atoms with van der Waals surface area (Å²) in [6.45, 7) is 1.80. The zero-order valence-electron chi connectivity index (χ0n) is 11.9. The highest BCUT2D eigenvalue weighted by atomic mass is 35.5. The van der Waals surface area contributed by atoms with E-state index in [4.69, 9.17) is 11.6 Å². The summed E-state index contributed by atoms with van der Waals surface area (Å²) in [6, 6.07) is 7.25. The van der Waals surface area contributed by atoms with E-state index in [1.54, 1.807) is 25.1 Å². The van der Waals surface area contributed by atoms with Crippen LogP contribution >= 0.6 is 11.6 Å². The van der Waals surface area contributed by atoms with Crippen LogP contribution in [0.25, 0.3) is 16.9 Å². The van der Waals surface area contributed by atoms with Crippen molar-refractivity contribution in [1.29, 1.82) is 0 Å². The van der Waals surface area contributed by atoms with Gasteiger partial charge in [-0.05, 0) is 36.8 Å². The van der Waals surface area contributed by atoms with Crippen molar-refractivity contribution >= 4 is 23.5 Å². The molecule has 0 bridgehead atoms. The van der Waals surface area contributed by atoms with Crippen LogP contribution in [0.4, 0.5) is 13.2 Å². The van der Waals surface area contributed by atoms with Crippen LogP contribution in [-0.2, 0) is 6.18 Å². The van der Waals surface area contributed by atoms with Crippen LogP contribution in [0.3, 0.4) is 0 Å². The molecular formula is C16H10ClF3N2O. The average Bonchev–Trinajstić information content (AvgIpc) is 2.86. The summed E-state index contributed by atoms with van der Waals surface area (Å²) >= 11 is 5.97. The molecule has 2 heterocycles. The molecule has 23 heavy (non-hydrogen) atoms. The fourth-order valence-corrected chi connectivity index (χ4v) is 2.47. The molecule has 0 aliphatic carbocycles. The van der Waals surface area contributed by atoms with E-state index in [1.807, 2.05) is 0 Å². The molecule has 3 rings (SSSR count). The highest BCUT2D eigenvalue weighted by molar-refractivity contribution is 6.31. The highest BCUT2D eigenvalue weighted by Gasteiger charge is 2.31. The van der Waals surface area contributed by atoms with Crippen LogP contribution in [0.15, 0.2) is 36.5 Å². The number of aldehydes is 1. The molecule has 0 spiro atoms. The van der Waals surface area contributed by atoms with Crippen molar-refractivity contribution in [1.82, 2.24) is 9.38 Å². The molecule has 3 aromatic rings. The second-order valence-electron chi connectivity index (χ2n) is 5.07. The molecule has 0 aliphatic rings. The summed E-state index contributed by atoms with van der Waals surface area (Å²) in [4.78, 5) is 15.7. The minimum atomic E-state index is -4.49. The first-order valence-corrected chi connectivity index (χ1v) is 7.00. The summed E-state index contributed by atoms with van der Waals surface area (Å²) in [5, 5.41) is 0.560. The molecule has 0 atom stereocenters. The topological polar surface area (TPSA) is 34.4 Å². The van der Waals surface area contributed by atoms with Crippen molar-refractivity contribution in [2.24, 2.45) is 0 Å². The van der Waals surface area contributed by atoms with Crippen molar-refractivity contribution < 1.29 is 18.0 Å². The summed E-state index contributed by atoms with van der Waals surface area (Å²) < 4.78 is 39.7. The molecule has 0 saturated carbocycles. The third-order valence-corrected chi connectivity index (χ3v) is 3.95. The number of imidazole rings is 1. The molecule has 0 radical (unpaired) electrons. The lowest BCUT2D eigenvalue weighted by molar-refractivity contribution is -0.137. The van der Waals surface area contributed by atoms with Gasteiger partial charge in [-0.3, -0.25) is 9.20 Å². The first kappa shape index (κ1) is 15.6. The second kappa shape index (κ2) is 5.38. The maximum atomic E-state index is 12.8. The number of benzene rings is 1. The highest BCUT2D eigenvalue weighted by Crippen LogP contribution is 2.31. The standard InChI is InChI=1S/C16H10ClF3N2O/c1-9-6-10(2-4-12(9)17)15-13(8-23)22-7-11(16(18,19)20)3-5-14(22)21-15/h2-8H,1H3. The van der Waals surface area contributed by atoms with Crippen LogP contribution in [0.5, 0.6) is 0 Å². The second-order valence-corrected chi connectivity index (χ2v) is 5.48. The van der Waals surface area contributed by atoms with Crippen LogP contribution in [0, 0.1) is 6.92 Å². The van der Waals surface area contributed by atoms with Crippen molar-refractivity contribution in [3.63, 3.8) is 0 Å². The van der Waals surface area contributed by atoms with E-state index in [0.29, 0.717) is 22.6 Å². The van der Waals surface area contributed by atoms with Crippen molar-refractivity contribution in [3.05, 3.63) is 58.4 Å². The monoisotopic (exact) mass is 338 g/mol. The molecule has 0 unspecified atom stereocenters. The summed E-state index contributed by atoms with van der Waals surface area (Å²) in [5.74, 6) is 0. The minimum Gasteiger partial charge on any atom is -0.296 e. The molecular weight excluding hydrogens is 329 g/mol. The predicted octanol–water partition coefficient (Wildman–Crippen LogP) is 4.79. The Balaban J connectivity index is 2.25. The van der Waals surface area contributed by atoms with Gasteiger partial charge in [-0.25, -0.2) is 4.98 Å². The van der Waals surface area contributed by atoms with Gasteiger partial charge in [-0.15, -0.1) is 0 Å². The quantitative estimate of drug-likeness (QED) is 0.629. The maximum absolute atomic E-state index is 12.8. The van der Waals surface area contributed by atoms with E-state index in [-0.39, 0.29) is 11.3 Å². The molecule has 3 nitrogen and oxygen atoms in total. The van der Waals surface area contributed by atoms with Gasteiger partial charge in [0.05, 0.1) is 5.56 Å². The number of halogens is 4. The van der Waals surface area contributed by atoms with Gasteiger partial charge in [-0.2, -0.15) is 13.2 Å². The van der Waals surface area contributed by atoms with E-state index in [1.165, 1.54) is 6.07 Å². The first-order valence-electron chi connectivity index (χ1n) is 6.62. The third-order valence-electron chi connectivity index (χ3n) is 3.53. The number of alkyl halides is 3. The summed E-state index contributed by atoms with van der Waals surface area (Å²) in [7, 11) is 0. The Morgan fingerprint density at radius 3 is 2.57 bits per heavy atom. The van der Waals surface area contributed by atoms with Crippen LogP contribution < -0.4 is 0 Å². The Morgan fingerprint density at radius 2 is 1.96 bits per heavy atom. The molecule has 0 N–H and O–H groups in total. The van der Waals surface area contributed by atoms with Crippen molar-refractivity contribution in [2.75, 3.05) is 0 Å². The van der Waals surface area contributed by atoms with Gasteiger partial charge in [0.25, 0.3) is 0 Å². The molecule has 0 saturated heterocycles. The van der Waals surface area contributed by atoms with E-state index >= 15 is 0 Å². The fourth-order valence-electron chi connectivity index (χ4n) is 2.35. The summed E-state index contributed by atoms with van der Waals surface area (Å²) in [6.07, 6.45) is -3.12. The lowest BCUT2D eigenvalue weighted by Gasteiger charge is -2.07. The Bertz CT molecular complexity index is 916. The van der Waals surface area contributed by atoms with Gasteiger partial charge >= 0.3 is 6.18 Å². The van der Waals surface area contributed by atoms with Gasteiger partial charge in [0.15, 0.2) is 6.29 Å². The third kappa shape index (κ3) is 2.70. The number of carbonyl (C=O) groups is 1. The lowest BCUT2D eigenvalue weighted by atomic mass is 10.1. The lowest BCUT2D eigenvalue weighted by Crippen LogP contribution is -2.06. The van der Waals surface area contributed by atoms with E-state index in [2.05, 4.69) is 4.98 Å². The Morgan fingerprint density at radius 1 is 1.22 bits per heavy atom. The zero-order valence-corrected chi connectivity index (χ0v) is 12.6. The number of fused-ring (bicyclic) bond motifs is 1. The zero-order chi connectivity index (χ0) is 16.8.